The highest BCUT2D eigenvalue weighted by Crippen LogP contribution is 2.31. The van der Waals surface area contributed by atoms with E-state index in [1.165, 1.54) is 11.8 Å². The fraction of sp³-hybridized carbons (Fsp3) is 0.278. The normalized spacial score (nSPS) is 19.7. The first-order valence-electron chi connectivity index (χ1n) is 7.94. The molecule has 1 aromatic carbocycles. The molecule has 3 rings (SSSR count). The average Bonchev–Trinajstić information content (AvgIpc) is 3.21. The SMILES string of the molecule is CCCC1S/C(=N\N=C\c2cccs2)N(Cc2ccccc2)C1=O. The van der Waals surface area contributed by atoms with Crippen LogP contribution >= 0.6 is 23.1 Å². The molecule has 0 N–H and O–H groups in total. The summed E-state index contributed by atoms with van der Waals surface area (Å²) in [5.41, 5.74) is 1.10. The number of carbonyl (C=O) groups excluding carboxylic acids is 1. The lowest BCUT2D eigenvalue weighted by Gasteiger charge is -2.15. The largest absolute Gasteiger partial charge is 0.284 e. The number of amides is 1. The van der Waals surface area contributed by atoms with Crippen LogP contribution in [0.25, 0.3) is 0 Å². The van der Waals surface area contributed by atoms with Gasteiger partial charge >= 0.3 is 0 Å². The molecular formula is C18H19N3OS2. The summed E-state index contributed by atoms with van der Waals surface area (Å²) in [4.78, 5) is 15.5. The first-order chi connectivity index (χ1) is 11.8. The van der Waals surface area contributed by atoms with Crippen molar-refractivity contribution in [3.63, 3.8) is 0 Å². The van der Waals surface area contributed by atoms with Crippen molar-refractivity contribution in [2.24, 2.45) is 10.2 Å². The summed E-state index contributed by atoms with van der Waals surface area (Å²) in [5.74, 6) is 0.135. The third-order valence-corrected chi connectivity index (χ3v) is 5.67. The van der Waals surface area contributed by atoms with E-state index in [2.05, 4.69) is 17.1 Å². The van der Waals surface area contributed by atoms with Gasteiger partial charge in [0.15, 0.2) is 5.17 Å². The van der Waals surface area contributed by atoms with Crippen molar-refractivity contribution < 1.29 is 4.79 Å². The molecule has 2 aromatic rings. The van der Waals surface area contributed by atoms with E-state index in [1.807, 2.05) is 47.8 Å². The molecule has 1 aliphatic heterocycles. The first kappa shape index (κ1) is 16.9. The van der Waals surface area contributed by atoms with Gasteiger partial charge in [-0.3, -0.25) is 9.69 Å². The Hall–Kier alpha value is -1.92. The Morgan fingerprint density at radius 2 is 2.04 bits per heavy atom. The van der Waals surface area contributed by atoms with Crippen molar-refractivity contribution in [3.8, 4) is 0 Å². The zero-order chi connectivity index (χ0) is 16.8. The molecule has 1 saturated heterocycles. The Balaban J connectivity index is 1.79. The van der Waals surface area contributed by atoms with Gasteiger partial charge in [0, 0.05) is 4.88 Å². The molecule has 1 atom stereocenters. The van der Waals surface area contributed by atoms with Crippen LogP contribution in [0.3, 0.4) is 0 Å². The third-order valence-electron chi connectivity index (χ3n) is 3.63. The van der Waals surface area contributed by atoms with Crippen LogP contribution < -0.4 is 0 Å². The number of rotatable bonds is 6. The number of carbonyl (C=O) groups is 1. The first-order valence-corrected chi connectivity index (χ1v) is 9.70. The summed E-state index contributed by atoms with van der Waals surface area (Å²) in [5, 5.41) is 11.1. The standard InChI is InChI=1S/C18H19N3OS2/c1-2-7-16-17(22)21(13-14-8-4-3-5-9-14)18(24-16)20-19-12-15-10-6-11-23-15/h3-6,8-12,16H,2,7,13H2,1H3/b19-12+,20-18-. The van der Waals surface area contributed by atoms with Crippen LogP contribution in [0.4, 0.5) is 0 Å². The Kier molecular flexibility index (Phi) is 5.82. The number of amidine groups is 1. The quantitative estimate of drug-likeness (QED) is 0.569. The van der Waals surface area contributed by atoms with Gasteiger partial charge in [-0.15, -0.1) is 16.4 Å². The van der Waals surface area contributed by atoms with Crippen LogP contribution in [0.5, 0.6) is 0 Å². The van der Waals surface area contributed by atoms with Crippen molar-refractivity contribution >= 4 is 40.4 Å². The Bertz CT molecular complexity index is 726. The van der Waals surface area contributed by atoms with Crippen molar-refractivity contribution in [2.75, 3.05) is 0 Å². The number of thiophene rings is 1. The van der Waals surface area contributed by atoms with Gasteiger partial charge in [-0.25, -0.2) is 0 Å². The molecule has 0 bridgehead atoms. The fourth-order valence-electron chi connectivity index (χ4n) is 2.44. The predicted molar refractivity (Wildman–Crippen MR) is 103 cm³/mol. The van der Waals surface area contributed by atoms with Crippen LogP contribution in [0.2, 0.25) is 0 Å². The van der Waals surface area contributed by atoms with Crippen LogP contribution in [-0.2, 0) is 11.3 Å². The summed E-state index contributed by atoms with van der Waals surface area (Å²) in [6.07, 6.45) is 3.58. The van der Waals surface area contributed by atoms with Gasteiger partial charge in [0.1, 0.15) is 0 Å². The van der Waals surface area contributed by atoms with E-state index < -0.39 is 0 Å². The number of nitrogens with zero attached hydrogens (tertiary/aromatic N) is 3. The molecule has 6 heteroatoms. The van der Waals surface area contributed by atoms with Crippen LogP contribution in [0.15, 0.2) is 58.0 Å². The fourth-order valence-corrected chi connectivity index (χ4v) is 4.23. The Labute approximate surface area is 150 Å². The maximum Gasteiger partial charge on any atom is 0.242 e. The number of hydrogen-bond acceptors (Lipinski definition) is 5. The van der Waals surface area contributed by atoms with E-state index in [-0.39, 0.29) is 11.2 Å². The topological polar surface area (TPSA) is 45.0 Å². The molecule has 1 unspecified atom stereocenters. The highest BCUT2D eigenvalue weighted by atomic mass is 32.2. The van der Waals surface area contributed by atoms with Gasteiger partial charge in [-0.2, -0.15) is 5.10 Å². The second-order valence-electron chi connectivity index (χ2n) is 5.45. The van der Waals surface area contributed by atoms with Gasteiger partial charge in [0.05, 0.1) is 18.0 Å². The highest BCUT2D eigenvalue weighted by Gasteiger charge is 2.37. The lowest BCUT2D eigenvalue weighted by atomic mass is 10.2. The molecule has 1 aromatic heterocycles. The summed E-state index contributed by atoms with van der Waals surface area (Å²) < 4.78 is 0. The van der Waals surface area contributed by atoms with Crippen LogP contribution in [0, 0.1) is 0 Å². The van der Waals surface area contributed by atoms with Gasteiger partial charge in [-0.05, 0) is 23.4 Å². The summed E-state index contributed by atoms with van der Waals surface area (Å²) in [6, 6.07) is 14.0. The molecule has 1 amide bonds. The molecule has 0 radical (unpaired) electrons. The smallest absolute Gasteiger partial charge is 0.242 e. The molecule has 24 heavy (non-hydrogen) atoms. The van der Waals surface area contributed by atoms with Crippen molar-refractivity contribution in [1.29, 1.82) is 0 Å². The maximum atomic E-state index is 12.7. The zero-order valence-corrected chi connectivity index (χ0v) is 15.1. The van der Waals surface area contributed by atoms with Gasteiger partial charge in [0.2, 0.25) is 5.91 Å². The second kappa shape index (κ2) is 8.26. The van der Waals surface area contributed by atoms with Gasteiger partial charge in [0.25, 0.3) is 0 Å². The Morgan fingerprint density at radius 3 is 2.75 bits per heavy atom. The van der Waals surface area contributed by atoms with E-state index in [1.54, 1.807) is 22.5 Å². The molecule has 0 aliphatic carbocycles. The molecule has 1 aliphatic rings. The summed E-state index contributed by atoms with van der Waals surface area (Å²) in [7, 11) is 0. The molecule has 2 heterocycles. The third kappa shape index (κ3) is 4.13. The molecule has 0 spiro atoms. The lowest BCUT2D eigenvalue weighted by Crippen LogP contribution is -2.31. The minimum Gasteiger partial charge on any atom is -0.284 e. The minimum atomic E-state index is -0.0469. The van der Waals surface area contributed by atoms with Crippen molar-refractivity contribution in [3.05, 3.63) is 58.3 Å². The van der Waals surface area contributed by atoms with Crippen molar-refractivity contribution in [1.82, 2.24) is 4.90 Å². The van der Waals surface area contributed by atoms with Crippen LogP contribution in [-0.4, -0.2) is 27.4 Å². The summed E-state index contributed by atoms with van der Waals surface area (Å²) >= 11 is 3.14. The van der Waals surface area contributed by atoms with E-state index in [4.69, 9.17) is 0 Å². The highest BCUT2D eigenvalue weighted by molar-refractivity contribution is 8.15. The zero-order valence-electron chi connectivity index (χ0n) is 13.5. The average molecular weight is 358 g/mol. The van der Waals surface area contributed by atoms with Gasteiger partial charge in [-0.1, -0.05) is 61.5 Å². The minimum absolute atomic E-state index is 0.0469. The monoisotopic (exact) mass is 357 g/mol. The summed E-state index contributed by atoms with van der Waals surface area (Å²) in [6.45, 7) is 2.64. The van der Waals surface area contributed by atoms with Crippen LogP contribution in [0.1, 0.15) is 30.2 Å². The molecule has 4 nitrogen and oxygen atoms in total. The number of thioether (sulfide) groups is 1. The molecule has 0 saturated carbocycles. The van der Waals surface area contributed by atoms with Crippen molar-refractivity contribution in [2.45, 2.75) is 31.6 Å². The lowest BCUT2D eigenvalue weighted by molar-refractivity contribution is -0.126. The Morgan fingerprint density at radius 1 is 1.21 bits per heavy atom. The number of hydrogen-bond donors (Lipinski definition) is 0. The van der Waals surface area contributed by atoms with E-state index in [0.717, 1.165) is 23.3 Å². The van der Waals surface area contributed by atoms with E-state index >= 15 is 0 Å². The molecule has 1 fully saturated rings. The maximum absolute atomic E-state index is 12.7. The second-order valence-corrected chi connectivity index (χ2v) is 7.60. The van der Waals surface area contributed by atoms with Gasteiger partial charge < -0.3 is 0 Å². The predicted octanol–water partition coefficient (Wildman–Crippen LogP) is 4.38. The van der Waals surface area contributed by atoms with E-state index in [9.17, 15) is 4.79 Å². The van der Waals surface area contributed by atoms with E-state index in [0.29, 0.717) is 11.7 Å². The molecule has 124 valence electrons. The number of benzene rings is 1. The molecular weight excluding hydrogens is 338 g/mol.